The molecule has 15 heavy (non-hydrogen) atoms. The van der Waals surface area contributed by atoms with Crippen molar-refractivity contribution in [3.05, 3.63) is 29.3 Å². The summed E-state index contributed by atoms with van der Waals surface area (Å²) in [5.74, 6) is 1.03. The van der Waals surface area contributed by atoms with Gasteiger partial charge in [0.2, 0.25) is 0 Å². The fraction of sp³-hybridized carbons (Fsp3) is 0.250. The molecule has 0 bridgehead atoms. The Morgan fingerprint density at radius 3 is 2.93 bits per heavy atom. The number of hydrogen-bond acceptors (Lipinski definition) is 2. The molecule has 1 aromatic heterocycles. The zero-order valence-corrected chi connectivity index (χ0v) is 9.64. The fourth-order valence-corrected chi connectivity index (χ4v) is 2.64. The number of thioether (sulfide) groups is 1. The van der Waals surface area contributed by atoms with Gasteiger partial charge in [-0.25, -0.2) is 4.98 Å². The molecule has 0 atom stereocenters. The molecule has 0 aliphatic carbocycles. The van der Waals surface area contributed by atoms with Crippen molar-refractivity contribution in [3.8, 4) is 0 Å². The molecule has 0 saturated heterocycles. The van der Waals surface area contributed by atoms with E-state index in [1.807, 2.05) is 0 Å². The zero-order valence-electron chi connectivity index (χ0n) is 8.82. The van der Waals surface area contributed by atoms with Crippen molar-refractivity contribution in [2.24, 2.45) is 0 Å². The van der Waals surface area contributed by atoms with Gasteiger partial charge >= 0.3 is 0 Å². The minimum atomic E-state index is 1.03. The smallest absolute Gasteiger partial charge is 0.173 e. The van der Waals surface area contributed by atoms with Gasteiger partial charge in [-0.05, 0) is 37.1 Å². The Balaban J connectivity index is 2.39. The van der Waals surface area contributed by atoms with Crippen LogP contribution < -0.4 is 0 Å². The van der Waals surface area contributed by atoms with E-state index in [-0.39, 0.29) is 0 Å². The van der Waals surface area contributed by atoms with E-state index in [4.69, 9.17) is 0 Å². The summed E-state index contributed by atoms with van der Waals surface area (Å²) in [5, 5.41) is 1.11. The third-order valence-corrected chi connectivity index (χ3v) is 3.74. The summed E-state index contributed by atoms with van der Waals surface area (Å²) in [6.45, 7) is 4.28. The van der Waals surface area contributed by atoms with Gasteiger partial charge in [0.05, 0.1) is 11.0 Å². The Labute approximate surface area is 93.0 Å². The van der Waals surface area contributed by atoms with Crippen LogP contribution in [0.1, 0.15) is 11.1 Å². The average Bonchev–Trinajstić information content (AvgIpc) is 2.57. The number of rotatable bonds is 0. The first kappa shape index (κ1) is 9.04. The molecule has 3 rings (SSSR count). The van der Waals surface area contributed by atoms with E-state index in [2.05, 4.69) is 47.8 Å². The summed E-state index contributed by atoms with van der Waals surface area (Å²) >= 11 is 1.79. The summed E-state index contributed by atoms with van der Waals surface area (Å²) < 4.78 is 2.18. The Kier molecular flexibility index (Phi) is 1.89. The highest BCUT2D eigenvalue weighted by Crippen LogP contribution is 2.29. The number of nitrogens with zero attached hydrogens (tertiary/aromatic N) is 2. The quantitative estimate of drug-likeness (QED) is 0.673. The van der Waals surface area contributed by atoms with Crippen LogP contribution in [0.25, 0.3) is 17.2 Å². The lowest BCUT2D eigenvalue weighted by molar-refractivity contribution is 0.959. The molecule has 0 fully saturated rings. The maximum atomic E-state index is 4.63. The zero-order chi connectivity index (χ0) is 10.4. The molecular weight excluding hydrogens is 204 g/mol. The maximum absolute atomic E-state index is 4.63. The molecule has 1 aromatic carbocycles. The van der Waals surface area contributed by atoms with Crippen LogP contribution in [0.5, 0.6) is 0 Å². The topological polar surface area (TPSA) is 17.8 Å². The lowest BCUT2D eigenvalue weighted by atomic mass is 10.1. The van der Waals surface area contributed by atoms with Crippen molar-refractivity contribution in [1.29, 1.82) is 0 Å². The second kappa shape index (κ2) is 3.14. The monoisotopic (exact) mass is 216 g/mol. The number of hydrogen-bond donors (Lipinski definition) is 0. The van der Waals surface area contributed by atoms with Crippen LogP contribution in [-0.2, 0) is 0 Å². The summed E-state index contributed by atoms with van der Waals surface area (Å²) in [7, 11) is 0. The first-order chi connectivity index (χ1) is 7.25. The molecule has 0 N–H and O–H groups in total. The molecule has 76 valence electrons. The van der Waals surface area contributed by atoms with Crippen LogP contribution >= 0.6 is 11.8 Å². The summed E-state index contributed by atoms with van der Waals surface area (Å²) in [5.41, 5.74) is 4.96. The van der Waals surface area contributed by atoms with E-state index in [0.717, 1.165) is 16.4 Å². The standard InChI is InChI=1S/C12H12N2S/c1-8-6-10-11(7-9(8)2)14-4-3-5-15-12(14)13-10/h3-4,6-7H,5H2,1-2H3. The predicted molar refractivity (Wildman–Crippen MR) is 65.3 cm³/mol. The Morgan fingerprint density at radius 1 is 1.27 bits per heavy atom. The Bertz CT molecular complexity index is 566. The Morgan fingerprint density at radius 2 is 2.07 bits per heavy atom. The number of imidazole rings is 1. The normalized spacial score (nSPS) is 14.5. The van der Waals surface area contributed by atoms with E-state index in [1.165, 1.54) is 16.6 Å². The van der Waals surface area contributed by atoms with Gasteiger partial charge in [-0.3, -0.25) is 4.57 Å². The van der Waals surface area contributed by atoms with Crippen molar-refractivity contribution >= 4 is 29.0 Å². The molecule has 2 aromatic rings. The largest absolute Gasteiger partial charge is 0.294 e. The summed E-state index contributed by atoms with van der Waals surface area (Å²) in [6, 6.07) is 4.39. The van der Waals surface area contributed by atoms with Crippen LogP contribution in [-0.4, -0.2) is 15.3 Å². The molecule has 2 heterocycles. The predicted octanol–water partition coefficient (Wildman–Crippen LogP) is 3.23. The number of benzene rings is 1. The highest BCUT2D eigenvalue weighted by atomic mass is 32.2. The third-order valence-electron chi connectivity index (χ3n) is 2.84. The lowest BCUT2D eigenvalue weighted by Gasteiger charge is -2.07. The minimum Gasteiger partial charge on any atom is -0.294 e. The second-order valence-electron chi connectivity index (χ2n) is 3.89. The van der Waals surface area contributed by atoms with Crippen molar-refractivity contribution in [2.45, 2.75) is 19.0 Å². The lowest BCUT2D eigenvalue weighted by Crippen LogP contribution is -1.94. The molecule has 0 amide bonds. The minimum absolute atomic E-state index is 1.03. The molecule has 1 aliphatic rings. The van der Waals surface area contributed by atoms with Gasteiger partial charge in [0.1, 0.15) is 0 Å². The van der Waals surface area contributed by atoms with Gasteiger partial charge < -0.3 is 0 Å². The molecule has 0 unspecified atom stereocenters. The van der Waals surface area contributed by atoms with E-state index in [1.54, 1.807) is 11.8 Å². The fourth-order valence-electron chi connectivity index (χ4n) is 1.85. The van der Waals surface area contributed by atoms with E-state index in [0.29, 0.717) is 0 Å². The van der Waals surface area contributed by atoms with Crippen molar-refractivity contribution < 1.29 is 0 Å². The molecule has 2 nitrogen and oxygen atoms in total. The number of aromatic nitrogens is 2. The van der Waals surface area contributed by atoms with Crippen LogP contribution in [0.2, 0.25) is 0 Å². The van der Waals surface area contributed by atoms with Gasteiger partial charge in [-0.1, -0.05) is 17.8 Å². The summed E-state index contributed by atoms with van der Waals surface area (Å²) in [6.07, 6.45) is 4.30. The van der Waals surface area contributed by atoms with Crippen LogP contribution in [0, 0.1) is 13.8 Å². The van der Waals surface area contributed by atoms with Gasteiger partial charge in [0.25, 0.3) is 0 Å². The van der Waals surface area contributed by atoms with E-state index in [9.17, 15) is 0 Å². The van der Waals surface area contributed by atoms with Gasteiger partial charge in [0, 0.05) is 12.0 Å². The molecule has 0 radical (unpaired) electrons. The highest BCUT2D eigenvalue weighted by Gasteiger charge is 2.12. The van der Waals surface area contributed by atoms with Crippen LogP contribution in [0.3, 0.4) is 0 Å². The Hall–Kier alpha value is -1.22. The average molecular weight is 216 g/mol. The van der Waals surface area contributed by atoms with E-state index < -0.39 is 0 Å². The van der Waals surface area contributed by atoms with Gasteiger partial charge in [-0.2, -0.15) is 0 Å². The summed E-state index contributed by atoms with van der Waals surface area (Å²) in [4.78, 5) is 4.63. The molecule has 1 aliphatic heterocycles. The first-order valence-electron chi connectivity index (χ1n) is 5.04. The molecular formula is C12H12N2S. The molecule has 0 saturated carbocycles. The number of fused-ring (bicyclic) bond motifs is 3. The highest BCUT2D eigenvalue weighted by molar-refractivity contribution is 7.99. The number of aryl methyl sites for hydroxylation is 2. The van der Waals surface area contributed by atoms with Crippen LogP contribution in [0.4, 0.5) is 0 Å². The SMILES string of the molecule is Cc1cc2nc3n(c2cc1C)C=CCS3. The first-order valence-corrected chi connectivity index (χ1v) is 6.03. The van der Waals surface area contributed by atoms with Crippen molar-refractivity contribution in [1.82, 2.24) is 9.55 Å². The van der Waals surface area contributed by atoms with Crippen LogP contribution in [0.15, 0.2) is 23.4 Å². The van der Waals surface area contributed by atoms with Crippen molar-refractivity contribution in [3.63, 3.8) is 0 Å². The second-order valence-corrected chi connectivity index (χ2v) is 4.87. The van der Waals surface area contributed by atoms with Crippen molar-refractivity contribution in [2.75, 3.05) is 5.75 Å². The maximum Gasteiger partial charge on any atom is 0.173 e. The molecule has 3 heteroatoms. The van der Waals surface area contributed by atoms with Gasteiger partial charge in [0.15, 0.2) is 5.16 Å². The van der Waals surface area contributed by atoms with E-state index >= 15 is 0 Å². The van der Waals surface area contributed by atoms with Gasteiger partial charge in [-0.15, -0.1) is 0 Å². The molecule has 0 spiro atoms. The third kappa shape index (κ3) is 1.30.